The van der Waals surface area contributed by atoms with Gasteiger partial charge in [-0.15, -0.1) is 24.8 Å². The van der Waals surface area contributed by atoms with Gasteiger partial charge < -0.3 is 15.5 Å². The molecular weight excluding hydrogens is 549 g/mol. The summed E-state index contributed by atoms with van der Waals surface area (Å²) < 4.78 is 0. The van der Waals surface area contributed by atoms with Crippen molar-refractivity contribution in [1.29, 1.82) is 0 Å². The minimum absolute atomic E-state index is 0. The van der Waals surface area contributed by atoms with E-state index in [0.29, 0.717) is 32.2 Å². The normalized spacial score (nSPS) is 12.2. The quantitative estimate of drug-likeness (QED) is 0.351. The Balaban J connectivity index is 0.00000280. The predicted octanol–water partition coefficient (Wildman–Crippen LogP) is 3.92. The van der Waals surface area contributed by atoms with E-state index in [1.54, 1.807) is 29.4 Å². The Kier molecular flexibility index (Phi) is 12.8. The first-order valence-electron chi connectivity index (χ1n) is 13.0. The first kappa shape index (κ1) is 33.0. The van der Waals surface area contributed by atoms with Crippen LogP contribution in [0.5, 0.6) is 0 Å². The maximum Gasteiger partial charge on any atom is 0.256 e. The molecule has 4 rings (SSSR count). The number of amides is 2. The third-order valence-electron chi connectivity index (χ3n) is 6.78. The largest absolute Gasteiger partial charge is 0.376 e. The number of hydrogen-bond acceptors (Lipinski definition) is 7. The van der Waals surface area contributed by atoms with Crippen molar-refractivity contribution in [3.8, 4) is 11.1 Å². The Morgan fingerprint density at radius 2 is 1.62 bits per heavy atom. The van der Waals surface area contributed by atoms with Crippen LogP contribution in [0.25, 0.3) is 11.1 Å². The standard InChI is InChI=1S/C29H37N7O2.2ClH/c1-21(2)32-11-12-35(19-29(38)34(4)36-17-24-7-5-6-8-25(24)18-36)28(37)16-33-27-13-23(10-9-22(27)3)26-14-30-20-31-15-26;;/h5-10,13-15,20-21,32-33H,11-12,16-19H2,1-4H3;2*1H. The lowest BCUT2D eigenvalue weighted by Gasteiger charge is -2.31. The van der Waals surface area contributed by atoms with Gasteiger partial charge in [-0.1, -0.05) is 50.2 Å². The second-order valence-electron chi connectivity index (χ2n) is 9.94. The van der Waals surface area contributed by atoms with Gasteiger partial charge in [-0.25, -0.2) is 15.0 Å². The summed E-state index contributed by atoms with van der Waals surface area (Å²) in [6.45, 7) is 8.64. The summed E-state index contributed by atoms with van der Waals surface area (Å²) in [5, 5.41) is 10.3. The minimum Gasteiger partial charge on any atom is -0.376 e. The van der Waals surface area contributed by atoms with Crippen molar-refractivity contribution in [1.82, 2.24) is 30.2 Å². The highest BCUT2D eigenvalue weighted by atomic mass is 35.5. The van der Waals surface area contributed by atoms with Gasteiger partial charge in [0.05, 0.1) is 6.54 Å². The summed E-state index contributed by atoms with van der Waals surface area (Å²) in [7, 11) is 1.78. The van der Waals surface area contributed by atoms with Gasteiger partial charge in [0.2, 0.25) is 5.91 Å². The van der Waals surface area contributed by atoms with Gasteiger partial charge in [0.1, 0.15) is 12.9 Å². The van der Waals surface area contributed by atoms with E-state index in [1.807, 2.05) is 42.3 Å². The number of nitrogens with zero attached hydrogens (tertiary/aromatic N) is 5. The van der Waals surface area contributed by atoms with Crippen molar-refractivity contribution in [3.05, 3.63) is 77.9 Å². The van der Waals surface area contributed by atoms with Crippen LogP contribution in [0.15, 0.2) is 61.2 Å². The summed E-state index contributed by atoms with van der Waals surface area (Å²) in [6, 6.07) is 14.5. The van der Waals surface area contributed by atoms with Crippen molar-refractivity contribution < 1.29 is 9.59 Å². The third kappa shape index (κ3) is 8.63. The molecule has 1 aromatic heterocycles. The number of rotatable bonds is 11. The molecule has 0 unspecified atom stereocenters. The number of likely N-dealkylation sites (N-methyl/N-ethyl adjacent to an activating group) is 1. The molecule has 40 heavy (non-hydrogen) atoms. The number of hydrogen-bond donors (Lipinski definition) is 2. The molecule has 0 fully saturated rings. The molecule has 11 heteroatoms. The average Bonchev–Trinajstić information content (AvgIpc) is 3.36. The lowest BCUT2D eigenvalue weighted by atomic mass is 10.1. The van der Waals surface area contributed by atoms with Crippen LogP contribution in [0.4, 0.5) is 5.69 Å². The van der Waals surface area contributed by atoms with Gasteiger partial charge in [0.15, 0.2) is 0 Å². The van der Waals surface area contributed by atoms with E-state index in [4.69, 9.17) is 0 Å². The molecule has 2 heterocycles. The van der Waals surface area contributed by atoms with Gasteiger partial charge in [-0.2, -0.15) is 0 Å². The summed E-state index contributed by atoms with van der Waals surface area (Å²) >= 11 is 0. The van der Waals surface area contributed by atoms with Crippen LogP contribution < -0.4 is 10.6 Å². The SMILES string of the molecule is Cc1ccc(-c2cncnc2)cc1NCC(=O)N(CCNC(C)C)CC(=O)N(C)N1Cc2ccccc2C1.Cl.Cl. The van der Waals surface area contributed by atoms with E-state index >= 15 is 0 Å². The molecule has 216 valence electrons. The maximum atomic E-state index is 13.3. The second-order valence-corrected chi connectivity index (χ2v) is 9.94. The molecule has 0 bridgehead atoms. The molecule has 3 aromatic rings. The van der Waals surface area contributed by atoms with E-state index in [1.165, 1.54) is 17.5 Å². The molecule has 1 aliphatic heterocycles. The zero-order valence-corrected chi connectivity index (χ0v) is 25.1. The van der Waals surface area contributed by atoms with Gasteiger partial charge in [0.25, 0.3) is 5.91 Å². The smallest absolute Gasteiger partial charge is 0.256 e. The molecule has 0 saturated carbocycles. The second kappa shape index (κ2) is 15.5. The zero-order chi connectivity index (χ0) is 27.1. The average molecular weight is 589 g/mol. The van der Waals surface area contributed by atoms with Gasteiger partial charge in [-0.05, 0) is 35.2 Å². The first-order valence-corrected chi connectivity index (χ1v) is 13.0. The van der Waals surface area contributed by atoms with Crippen molar-refractivity contribution >= 4 is 42.3 Å². The highest BCUT2D eigenvalue weighted by Crippen LogP contribution is 2.25. The number of carbonyl (C=O) groups is 2. The molecule has 0 spiro atoms. The molecule has 2 N–H and O–H groups in total. The highest BCUT2D eigenvalue weighted by molar-refractivity contribution is 5.87. The number of benzene rings is 2. The summed E-state index contributed by atoms with van der Waals surface area (Å²) in [4.78, 5) is 36.4. The Bertz CT molecular complexity index is 1240. The van der Waals surface area contributed by atoms with Crippen LogP contribution in [-0.2, 0) is 22.7 Å². The van der Waals surface area contributed by atoms with E-state index in [9.17, 15) is 9.59 Å². The van der Waals surface area contributed by atoms with Crippen molar-refractivity contribution in [3.63, 3.8) is 0 Å². The van der Waals surface area contributed by atoms with Gasteiger partial charge >= 0.3 is 0 Å². The van der Waals surface area contributed by atoms with E-state index in [0.717, 1.165) is 22.4 Å². The minimum atomic E-state index is -0.130. The van der Waals surface area contributed by atoms with Crippen LogP contribution >= 0.6 is 24.8 Å². The van der Waals surface area contributed by atoms with Crippen LogP contribution in [0.3, 0.4) is 0 Å². The van der Waals surface area contributed by atoms with Crippen molar-refractivity contribution in [2.75, 3.05) is 38.5 Å². The number of aromatic nitrogens is 2. The lowest BCUT2D eigenvalue weighted by Crippen LogP contribution is -2.49. The molecule has 2 aromatic carbocycles. The predicted molar refractivity (Wildman–Crippen MR) is 163 cm³/mol. The summed E-state index contributed by atoms with van der Waals surface area (Å²) in [5.41, 5.74) is 6.21. The van der Waals surface area contributed by atoms with Crippen LogP contribution in [0.2, 0.25) is 0 Å². The number of fused-ring (bicyclic) bond motifs is 1. The molecule has 0 atom stereocenters. The van der Waals surface area contributed by atoms with Crippen LogP contribution in [0.1, 0.15) is 30.5 Å². The fourth-order valence-corrected chi connectivity index (χ4v) is 4.45. The fourth-order valence-electron chi connectivity index (χ4n) is 4.45. The van der Waals surface area contributed by atoms with Crippen LogP contribution in [-0.4, -0.2) is 76.0 Å². The summed E-state index contributed by atoms with van der Waals surface area (Å²) in [5.74, 6) is -0.243. The topological polar surface area (TPSA) is 93.7 Å². The molecule has 1 aliphatic rings. The van der Waals surface area contributed by atoms with Crippen molar-refractivity contribution in [2.45, 2.75) is 39.9 Å². The molecular formula is C29H39Cl2N7O2. The van der Waals surface area contributed by atoms with E-state index in [2.05, 4.69) is 46.6 Å². The number of halogens is 2. The number of aryl methyl sites for hydroxylation is 1. The monoisotopic (exact) mass is 587 g/mol. The Morgan fingerprint density at radius 3 is 2.25 bits per heavy atom. The van der Waals surface area contributed by atoms with Crippen molar-refractivity contribution in [2.24, 2.45) is 0 Å². The summed E-state index contributed by atoms with van der Waals surface area (Å²) in [6.07, 6.45) is 5.02. The molecule has 2 amide bonds. The van der Waals surface area contributed by atoms with E-state index < -0.39 is 0 Å². The molecule has 0 saturated heterocycles. The first-order chi connectivity index (χ1) is 18.3. The molecule has 0 aliphatic carbocycles. The maximum absolute atomic E-state index is 13.3. The van der Waals surface area contributed by atoms with Gasteiger partial charge in [0, 0.05) is 62.9 Å². The van der Waals surface area contributed by atoms with Gasteiger partial charge in [-0.3, -0.25) is 14.6 Å². The highest BCUT2D eigenvalue weighted by Gasteiger charge is 2.27. The third-order valence-corrected chi connectivity index (χ3v) is 6.78. The fraction of sp³-hybridized carbons (Fsp3) is 0.379. The zero-order valence-electron chi connectivity index (χ0n) is 23.5. The molecule has 0 radical (unpaired) electrons. The Morgan fingerprint density at radius 1 is 0.975 bits per heavy atom. The molecule has 9 nitrogen and oxygen atoms in total. The number of carbonyl (C=O) groups excluding carboxylic acids is 2. The Labute approximate surface area is 249 Å². The number of nitrogens with one attached hydrogen (secondary N) is 2. The van der Waals surface area contributed by atoms with E-state index in [-0.39, 0.29) is 49.7 Å². The Hall–Kier alpha value is -3.24. The van der Waals surface area contributed by atoms with Crippen LogP contribution in [0, 0.1) is 6.92 Å². The lowest BCUT2D eigenvalue weighted by molar-refractivity contribution is -0.151. The number of hydrazine groups is 1. The number of anilines is 1.